The number of nitrogens with one attached hydrogen (secondary N) is 1. The number of nitrogens with zero attached hydrogens (tertiary/aromatic N) is 4. The van der Waals surface area contributed by atoms with Gasteiger partial charge in [0.25, 0.3) is 0 Å². The van der Waals surface area contributed by atoms with Crippen molar-refractivity contribution in [1.29, 1.82) is 0 Å². The standard InChI is InChI=1S/C20H19F4N5S/c21-15-4-1-13(2-5-15)11-18-27-28-19(30-18)26-16-7-9-29(10-8-16)17-6-3-14(12-25-17)20(22,23)24/h1-6,12,16H,7-11H2,(H,26,28). The molecular weight excluding hydrogens is 418 g/mol. The third-order valence-electron chi connectivity index (χ3n) is 4.96. The second-order valence-electron chi connectivity index (χ2n) is 7.11. The third kappa shape index (κ3) is 5.05. The molecule has 10 heteroatoms. The molecule has 0 saturated carbocycles. The fourth-order valence-electron chi connectivity index (χ4n) is 3.33. The Bertz CT molecular complexity index is 964. The zero-order chi connectivity index (χ0) is 21.1. The van der Waals surface area contributed by atoms with Crippen molar-refractivity contribution in [3.63, 3.8) is 0 Å². The van der Waals surface area contributed by atoms with Crippen LogP contribution in [-0.2, 0) is 12.6 Å². The van der Waals surface area contributed by atoms with E-state index in [4.69, 9.17) is 0 Å². The monoisotopic (exact) mass is 437 g/mol. The van der Waals surface area contributed by atoms with Crippen LogP contribution >= 0.6 is 11.3 Å². The predicted octanol–water partition coefficient (Wildman–Crippen LogP) is 4.76. The molecule has 158 valence electrons. The maximum Gasteiger partial charge on any atom is 0.417 e. The Balaban J connectivity index is 1.29. The first-order valence-electron chi connectivity index (χ1n) is 9.48. The highest BCUT2D eigenvalue weighted by molar-refractivity contribution is 7.15. The van der Waals surface area contributed by atoms with Gasteiger partial charge in [-0.2, -0.15) is 13.2 Å². The first kappa shape index (κ1) is 20.5. The first-order valence-corrected chi connectivity index (χ1v) is 10.3. The van der Waals surface area contributed by atoms with E-state index < -0.39 is 11.7 Å². The predicted molar refractivity (Wildman–Crippen MR) is 107 cm³/mol. The summed E-state index contributed by atoms with van der Waals surface area (Å²) in [5.41, 5.74) is 0.229. The van der Waals surface area contributed by atoms with Crippen molar-refractivity contribution in [2.75, 3.05) is 23.3 Å². The first-order chi connectivity index (χ1) is 14.4. The Morgan fingerprint density at radius 1 is 1.03 bits per heavy atom. The molecule has 4 rings (SSSR count). The van der Waals surface area contributed by atoms with Crippen LogP contribution in [0.2, 0.25) is 0 Å². The van der Waals surface area contributed by atoms with E-state index in [1.165, 1.54) is 29.5 Å². The van der Waals surface area contributed by atoms with Crippen LogP contribution in [0, 0.1) is 5.82 Å². The smallest absolute Gasteiger partial charge is 0.357 e. The minimum absolute atomic E-state index is 0.210. The van der Waals surface area contributed by atoms with E-state index >= 15 is 0 Å². The molecule has 1 aromatic carbocycles. The van der Waals surface area contributed by atoms with Crippen molar-refractivity contribution in [2.45, 2.75) is 31.5 Å². The molecular formula is C20H19F4N5S. The van der Waals surface area contributed by atoms with Gasteiger partial charge in [0.1, 0.15) is 16.6 Å². The Morgan fingerprint density at radius 3 is 2.40 bits per heavy atom. The van der Waals surface area contributed by atoms with E-state index in [0.717, 1.165) is 40.8 Å². The quantitative estimate of drug-likeness (QED) is 0.583. The number of pyridine rings is 1. The van der Waals surface area contributed by atoms with Crippen molar-refractivity contribution >= 4 is 22.3 Å². The third-order valence-corrected chi connectivity index (χ3v) is 5.81. The number of aromatic nitrogens is 3. The molecule has 1 saturated heterocycles. The molecule has 3 aromatic rings. The average Bonchev–Trinajstić information content (AvgIpc) is 3.16. The molecule has 1 aliphatic heterocycles. The Hall–Kier alpha value is -2.75. The highest BCUT2D eigenvalue weighted by Crippen LogP contribution is 2.30. The summed E-state index contributed by atoms with van der Waals surface area (Å²) < 4.78 is 51.0. The molecule has 1 N–H and O–H groups in total. The summed E-state index contributed by atoms with van der Waals surface area (Å²) in [7, 11) is 0. The molecule has 0 unspecified atom stereocenters. The molecule has 0 amide bonds. The minimum Gasteiger partial charge on any atom is -0.357 e. The van der Waals surface area contributed by atoms with Crippen molar-refractivity contribution < 1.29 is 17.6 Å². The van der Waals surface area contributed by atoms with E-state index in [0.29, 0.717) is 25.3 Å². The minimum atomic E-state index is -4.38. The number of rotatable bonds is 5. The number of anilines is 2. The zero-order valence-corrected chi connectivity index (χ0v) is 16.7. The normalized spacial score (nSPS) is 15.4. The molecule has 0 radical (unpaired) electrons. The summed E-state index contributed by atoms with van der Waals surface area (Å²) in [6, 6.07) is 9.01. The number of hydrogen-bond donors (Lipinski definition) is 1. The number of benzene rings is 1. The van der Waals surface area contributed by atoms with E-state index in [1.54, 1.807) is 12.1 Å². The van der Waals surface area contributed by atoms with Crippen LogP contribution in [-0.4, -0.2) is 34.3 Å². The highest BCUT2D eigenvalue weighted by atomic mass is 32.1. The molecule has 30 heavy (non-hydrogen) atoms. The molecule has 1 aliphatic rings. The Labute approximate surface area is 174 Å². The summed E-state index contributed by atoms with van der Waals surface area (Å²) in [4.78, 5) is 5.95. The number of halogens is 4. The lowest BCUT2D eigenvalue weighted by Crippen LogP contribution is -2.39. The van der Waals surface area contributed by atoms with Gasteiger partial charge in [-0.15, -0.1) is 10.2 Å². The Kier molecular flexibility index (Phi) is 5.85. The van der Waals surface area contributed by atoms with E-state index in [9.17, 15) is 17.6 Å². The molecule has 0 atom stereocenters. The SMILES string of the molecule is Fc1ccc(Cc2nnc(NC3CCN(c4ccc(C(F)(F)F)cn4)CC3)s2)cc1. The topological polar surface area (TPSA) is 53.9 Å². The highest BCUT2D eigenvalue weighted by Gasteiger charge is 2.31. The lowest BCUT2D eigenvalue weighted by Gasteiger charge is -2.33. The van der Waals surface area contributed by atoms with Crippen molar-refractivity contribution in [3.05, 3.63) is 64.5 Å². The number of hydrogen-bond acceptors (Lipinski definition) is 6. The lowest BCUT2D eigenvalue weighted by atomic mass is 10.1. The van der Waals surface area contributed by atoms with Crippen molar-refractivity contribution in [1.82, 2.24) is 15.2 Å². The van der Waals surface area contributed by atoms with Crippen LogP contribution in [0.3, 0.4) is 0 Å². The van der Waals surface area contributed by atoms with Crippen LogP contribution < -0.4 is 10.2 Å². The molecule has 2 aromatic heterocycles. The van der Waals surface area contributed by atoms with Crippen molar-refractivity contribution in [3.8, 4) is 0 Å². The maximum absolute atomic E-state index is 13.0. The summed E-state index contributed by atoms with van der Waals surface area (Å²) in [6.07, 6.45) is -1.27. The van der Waals surface area contributed by atoms with Gasteiger partial charge in [0.2, 0.25) is 5.13 Å². The summed E-state index contributed by atoms with van der Waals surface area (Å²) in [5.74, 6) is 0.287. The van der Waals surface area contributed by atoms with E-state index in [1.807, 2.05) is 4.90 Å². The van der Waals surface area contributed by atoms with Crippen molar-refractivity contribution in [2.24, 2.45) is 0 Å². The lowest BCUT2D eigenvalue weighted by molar-refractivity contribution is -0.137. The fraction of sp³-hybridized carbons (Fsp3) is 0.350. The van der Waals surface area contributed by atoms with Crippen LogP contribution in [0.4, 0.5) is 28.5 Å². The summed E-state index contributed by atoms with van der Waals surface area (Å²) in [5, 5.41) is 13.3. The van der Waals surface area contributed by atoms with Gasteiger partial charge in [-0.05, 0) is 42.7 Å². The number of alkyl halides is 3. The largest absolute Gasteiger partial charge is 0.417 e. The number of piperidine rings is 1. The molecule has 5 nitrogen and oxygen atoms in total. The van der Waals surface area contributed by atoms with E-state index in [-0.39, 0.29) is 11.9 Å². The van der Waals surface area contributed by atoms with Crippen LogP contribution in [0.15, 0.2) is 42.6 Å². The second-order valence-corrected chi connectivity index (χ2v) is 8.17. The molecule has 3 heterocycles. The molecule has 1 fully saturated rings. The van der Waals surface area contributed by atoms with Gasteiger partial charge in [-0.3, -0.25) is 0 Å². The van der Waals surface area contributed by atoms with Gasteiger partial charge in [0, 0.05) is 31.7 Å². The zero-order valence-electron chi connectivity index (χ0n) is 15.9. The van der Waals surface area contributed by atoms with Gasteiger partial charge in [-0.1, -0.05) is 23.5 Å². The summed E-state index contributed by atoms with van der Waals surface area (Å²) in [6.45, 7) is 1.38. The summed E-state index contributed by atoms with van der Waals surface area (Å²) >= 11 is 1.47. The van der Waals surface area contributed by atoms with Gasteiger partial charge < -0.3 is 10.2 Å². The molecule has 0 bridgehead atoms. The fourth-order valence-corrected chi connectivity index (χ4v) is 4.18. The molecule has 0 aliphatic carbocycles. The van der Waals surface area contributed by atoms with Gasteiger partial charge in [0.15, 0.2) is 0 Å². The van der Waals surface area contributed by atoms with Crippen LogP contribution in [0.25, 0.3) is 0 Å². The van der Waals surface area contributed by atoms with E-state index in [2.05, 4.69) is 20.5 Å². The molecule has 0 spiro atoms. The van der Waals surface area contributed by atoms with Gasteiger partial charge >= 0.3 is 6.18 Å². The maximum atomic E-state index is 13.0. The Morgan fingerprint density at radius 2 is 1.77 bits per heavy atom. The second kappa shape index (κ2) is 8.55. The van der Waals surface area contributed by atoms with Crippen LogP contribution in [0.1, 0.15) is 29.0 Å². The van der Waals surface area contributed by atoms with Crippen LogP contribution in [0.5, 0.6) is 0 Å². The average molecular weight is 437 g/mol. The van der Waals surface area contributed by atoms with Gasteiger partial charge in [0.05, 0.1) is 5.56 Å². The van der Waals surface area contributed by atoms with Gasteiger partial charge in [-0.25, -0.2) is 9.37 Å².